The van der Waals surface area contributed by atoms with Gasteiger partial charge in [0, 0.05) is 24.7 Å². The van der Waals surface area contributed by atoms with Crippen molar-refractivity contribution in [3.63, 3.8) is 0 Å². The number of methoxy groups -OCH3 is 3. The molecular formula is C13H19F2NO4. The van der Waals surface area contributed by atoms with Gasteiger partial charge >= 0.3 is 0 Å². The molecule has 0 amide bonds. The van der Waals surface area contributed by atoms with Gasteiger partial charge in [0.25, 0.3) is 6.43 Å². The quantitative estimate of drug-likeness (QED) is 0.759. The normalized spacial score (nSPS) is 12.3. The van der Waals surface area contributed by atoms with Crippen LogP contribution in [0.15, 0.2) is 12.1 Å². The van der Waals surface area contributed by atoms with Gasteiger partial charge in [-0.15, -0.1) is 0 Å². The number of aliphatic hydroxyl groups excluding tert-OH is 1. The van der Waals surface area contributed by atoms with Gasteiger partial charge in [-0.1, -0.05) is 0 Å². The number of benzene rings is 1. The first-order valence-corrected chi connectivity index (χ1v) is 5.99. The van der Waals surface area contributed by atoms with Crippen molar-refractivity contribution in [3.8, 4) is 17.2 Å². The van der Waals surface area contributed by atoms with Crippen LogP contribution in [0.4, 0.5) is 8.78 Å². The Morgan fingerprint density at radius 2 is 1.60 bits per heavy atom. The zero-order valence-corrected chi connectivity index (χ0v) is 11.7. The van der Waals surface area contributed by atoms with E-state index < -0.39 is 12.5 Å². The first-order valence-electron chi connectivity index (χ1n) is 5.99. The van der Waals surface area contributed by atoms with Crippen LogP contribution in [0.25, 0.3) is 0 Å². The monoisotopic (exact) mass is 291 g/mol. The van der Waals surface area contributed by atoms with E-state index in [0.717, 1.165) is 0 Å². The van der Waals surface area contributed by atoms with E-state index >= 15 is 0 Å². The van der Waals surface area contributed by atoms with Crippen molar-refractivity contribution in [2.45, 2.75) is 19.1 Å². The van der Waals surface area contributed by atoms with E-state index in [0.29, 0.717) is 22.8 Å². The fraction of sp³-hybridized carbons (Fsp3) is 0.538. The van der Waals surface area contributed by atoms with Crippen LogP contribution < -0.4 is 19.5 Å². The molecular weight excluding hydrogens is 272 g/mol. The zero-order valence-electron chi connectivity index (χ0n) is 11.7. The van der Waals surface area contributed by atoms with Crippen molar-refractivity contribution >= 4 is 0 Å². The molecule has 2 N–H and O–H groups in total. The molecule has 1 unspecified atom stereocenters. The first kappa shape index (κ1) is 16.5. The summed E-state index contributed by atoms with van der Waals surface area (Å²) in [6, 6.07) is 3.35. The van der Waals surface area contributed by atoms with Crippen LogP contribution in [0, 0.1) is 0 Å². The third-order valence-electron chi connectivity index (χ3n) is 2.75. The van der Waals surface area contributed by atoms with E-state index in [1.54, 1.807) is 12.1 Å². The molecule has 0 radical (unpaired) electrons. The molecule has 1 rings (SSSR count). The highest BCUT2D eigenvalue weighted by Crippen LogP contribution is 2.34. The molecule has 0 aliphatic carbocycles. The molecule has 0 saturated carbocycles. The summed E-state index contributed by atoms with van der Waals surface area (Å²) in [5.41, 5.74) is 0.714. The largest absolute Gasteiger partial charge is 0.496 e. The lowest BCUT2D eigenvalue weighted by atomic mass is 10.1. The summed E-state index contributed by atoms with van der Waals surface area (Å²) in [4.78, 5) is 0. The Hall–Kier alpha value is -1.60. The second kappa shape index (κ2) is 7.86. The number of alkyl halides is 2. The fourth-order valence-electron chi connectivity index (χ4n) is 1.67. The van der Waals surface area contributed by atoms with Gasteiger partial charge in [0.1, 0.15) is 11.9 Å². The molecule has 1 aromatic rings. The molecule has 0 saturated heterocycles. The van der Waals surface area contributed by atoms with Crippen molar-refractivity contribution in [1.29, 1.82) is 0 Å². The number of hydrogen-bond donors (Lipinski definition) is 2. The van der Waals surface area contributed by atoms with Crippen molar-refractivity contribution < 1.29 is 28.1 Å². The lowest BCUT2D eigenvalue weighted by Crippen LogP contribution is -2.31. The Labute approximate surface area is 116 Å². The summed E-state index contributed by atoms with van der Waals surface area (Å²) in [7, 11) is 4.51. The molecule has 5 nitrogen and oxygen atoms in total. The van der Waals surface area contributed by atoms with Crippen molar-refractivity contribution in [2.24, 2.45) is 0 Å². The molecule has 0 aromatic heterocycles. The molecule has 114 valence electrons. The summed E-state index contributed by atoms with van der Waals surface area (Å²) >= 11 is 0. The van der Waals surface area contributed by atoms with Crippen LogP contribution in [-0.4, -0.2) is 45.5 Å². The molecule has 0 bridgehead atoms. The summed E-state index contributed by atoms with van der Waals surface area (Å²) < 4.78 is 39.8. The highest BCUT2D eigenvalue weighted by Gasteiger charge is 2.17. The SMILES string of the molecule is COc1cc(OC)c(OC)cc1CNCC(O)C(F)F. The summed E-state index contributed by atoms with van der Waals surface area (Å²) in [6.07, 6.45) is -4.46. The van der Waals surface area contributed by atoms with Crippen LogP contribution >= 0.6 is 0 Å². The molecule has 0 spiro atoms. The molecule has 0 fully saturated rings. The molecule has 0 aliphatic rings. The van der Waals surface area contributed by atoms with Gasteiger partial charge in [0.15, 0.2) is 11.5 Å². The van der Waals surface area contributed by atoms with Gasteiger partial charge < -0.3 is 24.6 Å². The average Bonchev–Trinajstić information content (AvgIpc) is 2.46. The highest BCUT2D eigenvalue weighted by molar-refractivity contribution is 5.50. The van der Waals surface area contributed by atoms with Crippen molar-refractivity contribution in [1.82, 2.24) is 5.32 Å². The van der Waals surface area contributed by atoms with Gasteiger partial charge in [-0.3, -0.25) is 0 Å². The average molecular weight is 291 g/mol. The molecule has 0 aliphatic heterocycles. The van der Waals surface area contributed by atoms with Crippen LogP contribution in [0.2, 0.25) is 0 Å². The van der Waals surface area contributed by atoms with Gasteiger partial charge in [-0.25, -0.2) is 8.78 Å². The molecule has 20 heavy (non-hydrogen) atoms. The number of ether oxygens (including phenoxy) is 3. The minimum atomic E-state index is -2.77. The predicted molar refractivity (Wildman–Crippen MR) is 69.8 cm³/mol. The van der Waals surface area contributed by atoms with Crippen molar-refractivity contribution in [2.75, 3.05) is 27.9 Å². The Morgan fingerprint density at radius 3 is 2.10 bits per heavy atom. The van der Waals surface area contributed by atoms with Crippen LogP contribution in [-0.2, 0) is 6.54 Å². The number of hydrogen-bond acceptors (Lipinski definition) is 5. The molecule has 0 heterocycles. The van der Waals surface area contributed by atoms with E-state index in [-0.39, 0.29) is 13.1 Å². The third-order valence-corrected chi connectivity index (χ3v) is 2.75. The maximum Gasteiger partial charge on any atom is 0.265 e. The van der Waals surface area contributed by atoms with E-state index in [9.17, 15) is 8.78 Å². The summed E-state index contributed by atoms with van der Waals surface area (Å²) in [5, 5.41) is 11.8. The smallest absolute Gasteiger partial charge is 0.265 e. The summed E-state index contributed by atoms with van der Waals surface area (Å²) in [5.74, 6) is 1.57. The minimum Gasteiger partial charge on any atom is -0.496 e. The lowest BCUT2D eigenvalue weighted by Gasteiger charge is -2.15. The lowest BCUT2D eigenvalue weighted by molar-refractivity contribution is -0.00342. The van der Waals surface area contributed by atoms with E-state index in [2.05, 4.69) is 5.32 Å². The van der Waals surface area contributed by atoms with E-state index in [4.69, 9.17) is 19.3 Å². The standard InChI is InChI=1S/C13H19F2NO4/c1-18-10-5-12(20-3)11(19-2)4-8(10)6-16-7-9(17)13(14)15/h4-5,9,13,16-17H,6-7H2,1-3H3. The van der Waals surface area contributed by atoms with Crippen LogP contribution in [0.5, 0.6) is 17.2 Å². The van der Waals surface area contributed by atoms with Gasteiger partial charge in [-0.05, 0) is 6.07 Å². The molecule has 1 atom stereocenters. The second-order valence-corrected chi connectivity index (χ2v) is 4.05. The Balaban J connectivity index is 2.78. The highest BCUT2D eigenvalue weighted by atomic mass is 19.3. The van der Waals surface area contributed by atoms with Gasteiger partial charge in [-0.2, -0.15) is 0 Å². The van der Waals surface area contributed by atoms with Crippen LogP contribution in [0.1, 0.15) is 5.56 Å². The first-order chi connectivity index (χ1) is 9.53. The fourth-order valence-corrected chi connectivity index (χ4v) is 1.67. The Morgan fingerprint density at radius 1 is 1.05 bits per heavy atom. The number of halogens is 2. The predicted octanol–water partition coefficient (Wildman–Crippen LogP) is 1.43. The Bertz CT molecular complexity index is 429. The molecule has 7 heteroatoms. The number of aliphatic hydroxyl groups is 1. The van der Waals surface area contributed by atoms with Gasteiger partial charge in [0.05, 0.1) is 21.3 Å². The van der Waals surface area contributed by atoms with Crippen molar-refractivity contribution in [3.05, 3.63) is 17.7 Å². The minimum absolute atomic E-state index is 0.213. The number of rotatable bonds is 8. The Kier molecular flexibility index (Phi) is 6.47. The van der Waals surface area contributed by atoms with Gasteiger partial charge in [0.2, 0.25) is 0 Å². The van der Waals surface area contributed by atoms with Crippen LogP contribution in [0.3, 0.4) is 0 Å². The maximum atomic E-state index is 12.2. The molecule has 1 aromatic carbocycles. The zero-order chi connectivity index (χ0) is 15.1. The topological polar surface area (TPSA) is 60.0 Å². The maximum absolute atomic E-state index is 12.2. The van der Waals surface area contributed by atoms with E-state index in [1.165, 1.54) is 21.3 Å². The summed E-state index contributed by atoms with van der Waals surface area (Å²) in [6.45, 7) is 0.0441. The third kappa shape index (κ3) is 4.21. The van der Waals surface area contributed by atoms with E-state index in [1.807, 2.05) is 0 Å². The second-order valence-electron chi connectivity index (χ2n) is 4.05. The number of nitrogens with one attached hydrogen (secondary N) is 1.